The fraction of sp³-hybridized carbons (Fsp3) is 0.235. The largest absolute Gasteiger partial charge is 0.368 e. The van der Waals surface area contributed by atoms with Crippen LogP contribution in [0.25, 0.3) is 0 Å². The molecule has 0 saturated carbocycles. The molecule has 7 heteroatoms. The number of hydrogen-bond donors (Lipinski definition) is 1. The Morgan fingerprint density at radius 1 is 1.00 bits per heavy atom. The molecular formula is C17H16BrCl2N3S. The van der Waals surface area contributed by atoms with Gasteiger partial charge in [0.05, 0.1) is 10.7 Å². The lowest BCUT2D eigenvalue weighted by atomic mass is 10.2. The first kappa shape index (κ1) is 17.8. The number of benzene rings is 2. The van der Waals surface area contributed by atoms with E-state index in [9.17, 15) is 0 Å². The first-order chi connectivity index (χ1) is 11.5. The second kappa shape index (κ2) is 7.91. The highest BCUT2D eigenvalue weighted by Gasteiger charge is 2.19. The van der Waals surface area contributed by atoms with Crippen molar-refractivity contribution in [2.24, 2.45) is 0 Å². The molecule has 2 aromatic rings. The van der Waals surface area contributed by atoms with E-state index in [0.717, 1.165) is 41.4 Å². The van der Waals surface area contributed by atoms with Crippen molar-refractivity contribution < 1.29 is 0 Å². The van der Waals surface area contributed by atoms with Gasteiger partial charge in [-0.3, -0.25) is 0 Å². The molecule has 0 spiro atoms. The number of halogens is 3. The van der Waals surface area contributed by atoms with Gasteiger partial charge in [0.1, 0.15) is 0 Å². The smallest absolute Gasteiger partial charge is 0.173 e. The lowest BCUT2D eigenvalue weighted by Gasteiger charge is -2.37. The van der Waals surface area contributed by atoms with Crippen molar-refractivity contribution in [3.8, 4) is 0 Å². The Labute approximate surface area is 165 Å². The highest BCUT2D eigenvalue weighted by molar-refractivity contribution is 9.10. The molecular weight excluding hydrogens is 429 g/mol. The number of rotatable bonds is 2. The van der Waals surface area contributed by atoms with Gasteiger partial charge in [-0.05, 0) is 54.7 Å². The maximum absolute atomic E-state index is 6.24. The Kier molecular flexibility index (Phi) is 5.87. The number of anilines is 2. The highest BCUT2D eigenvalue weighted by atomic mass is 79.9. The molecule has 3 nitrogen and oxygen atoms in total. The van der Waals surface area contributed by atoms with Crippen LogP contribution in [0.3, 0.4) is 0 Å². The van der Waals surface area contributed by atoms with E-state index >= 15 is 0 Å². The predicted molar refractivity (Wildman–Crippen MR) is 111 cm³/mol. The van der Waals surface area contributed by atoms with Crippen LogP contribution < -0.4 is 10.2 Å². The van der Waals surface area contributed by atoms with Crippen LogP contribution >= 0.6 is 51.3 Å². The summed E-state index contributed by atoms with van der Waals surface area (Å²) < 4.78 is 0.945. The quantitative estimate of drug-likeness (QED) is 0.635. The van der Waals surface area contributed by atoms with Crippen LogP contribution in [0, 0.1) is 0 Å². The normalized spacial score (nSPS) is 14.6. The van der Waals surface area contributed by atoms with E-state index < -0.39 is 0 Å². The van der Waals surface area contributed by atoms with Crippen LogP contribution in [0.4, 0.5) is 11.4 Å². The average molecular weight is 445 g/mol. The summed E-state index contributed by atoms with van der Waals surface area (Å²) in [5, 5.41) is 5.34. The van der Waals surface area contributed by atoms with Gasteiger partial charge in [-0.15, -0.1) is 0 Å². The van der Waals surface area contributed by atoms with Crippen molar-refractivity contribution in [2.75, 3.05) is 36.4 Å². The standard InChI is InChI=1S/C17H16BrCl2N3S/c18-12-1-6-16(15(20)11-12)21-17(24)23-9-7-22(8-10-23)14-4-2-13(19)3-5-14/h1-6,11H,7-10H2,(H,21,24). The average Bonchev–Trinajstić information content (AvgIpc) is 2.58. The summed E-state index contributed by atoms with van der Waals surface area (Å²) >= 11 is 21.1. The number of piperazine rings is 1. The maximum atomic E-state index is 6.24. The molecule has 2 aromatic carbocycles. The minimum atomic E-state index is 0.645. The van der Waals surface area contributed by atoms with Gasteiger partial charge >= 0.3 is 0 Å². The first-order valence-corrected chi connectivity index (χ1v) is 9.50. The Hall–Kier alpha value is -1.01. The maximum Gasteiger partial charge on any atom is 0.173 e. The van der Waals surface area contributed by atoms with E-state index in [4.69, 9.17) is 35.4 Å². The third-order valence-corrected chi connectivity index (χ3v) is 5.35. The molecule has 126 valence electrons. The van der Waals surface area contributed by atoms with Crippen LogP contribution in [-0.2, 0) is 0 Å². The summed E-state index contributed by atoms with van der Waals surface area (Å²) in [4.78, 5) is 4.50. The molecule has 1 heterocycles. The summed E-state index contributed by atoms with van der Waals surface area (Å²) in [7, 11) is 0. The van der Waals surface area contributed by atoms with Crippen molar-refractivity contribution in [3.63, 3.8) is 0 Å². The summed E-state index contributed by atoms with van der Waals surface area (Å²) in [6.07, 6.45) is 0. The molecule has 0 aromatic heterocycles. The zero-order chi connectivity index (χ0) is 17.1. The molecule has 1 aliphatic heterocycles. The molecule has 0 unspecified atom stereocenters. The zero-order valence-electron chi connectivity index (χ0n) is 12.8. The fourth-order valence-electron chi connectivity index (χ4n) is 2.60. The first-order valence-electron chi connectivity index (χ1n) is 7.54. The number of thiocarbonyl (C=S) groups is 1. The molecule has 0 radical (unpaired) electrons. The number of nitrogens with one attached hydrogen (secondary N) is 1. The minimum Gasteiger partial charge on any atom is -0.368 e. The van der Waals surface area contributed by atoms with Gasteiger partial charge in [-0.25, -0.2) is 0 Å². The molecule has 1 aliphatic rings. The lowest BCUT2D eigenvalue weighted by molar-refractivity contribution is 0.391. The topological polar surface area (TPSA) is 18.5 Å². The molecule has 0 aliphatic carbocycles. The Morgan fingerprint density at radius 2 is 1.67 bits per heavy atom. The van der Waals surface area contributed by atoms with Gasteiger partial charge in [0, 0.05) is 41.4 Å². The molecule has 1 saturated heterocycles. The Bertz CT molecular complexity index is 731. The van der Waals surface area contributed by atoms with Crippen molar-refractivity contribution in [3.05, 3.63) is 57.0 Å². The van der Waals surface area contributed by atoms with E-state index in [1.54, 1.807) is 0 Å². The molecule has 3 rings (SSSR count). The summed E-state index contributed by atoms with van der Waals surface area (Å²) in [5.41, 5.74) is 2.01. The van der Waals surface area contributed by atoms with E-state index in [-0.39, 0.29) is 0 Å². The van der Waals surface area contributed by atoms with Gasteiger partial charge in [-0.1, -0.05) is 39.1 Å². The van der Waals surface area contributed by atoms with E-state index in [0.29, 0.717) is 10.1 Å². The Morgan fingerprint density at radius 3 is 2.29 bits per heavy atom. The summed E-state index contributed by atoms with van der Waals surface area (Å²) in [6, 6.07) is 13.7. The van der Waals surface area contributed by atoms with E-state index in [1.165, 1.54) is 5.69 Å². The summed E-state index contributed by atoms with van der Waals surface area (Å²) in [6.45, 7) is 3.56. The SMILES string of the molecule is S=C(Nc1ccc(Br)cc1Cl)N1CCN(c2ccc(Cl)cc2)CC1. The monoisotopic (exact) mass is 443 g/mol. The second-order valence-electron chi connectivity index (χ2n) is 5.50. The van der Waals surface area contributed by atoms with Crippen LogP contribution in [0.1, 0.15) is 0 Å². The van der Waals surface area contributed by atoms with Crippen molar-refractivity contribution in [1.82, 2.24) is 4.90 Å². The molecule has 1 N–H and O–H groups in total. The molecule has 0 bridgehead atoms. The third-order valence-electron chi connectivity index (χ3n) is 3.93. The van der Waals surface area contributed by atoms with Gasteiger partial charge in [0.2, 0.25) is 0 Å². The molecule has 0 amide bonds. The van der Waals surface area contributed by atoms with Crippen molar-refractivity contribution >= 4 is 67.8 Å². The van der Waals surface area contributed by atoms with Crippen LogP contribution in [0.2, 0.25) is 10.0 Å². The van der Waals surface area contributed by atoms with Crippen molar-refractivity contribution in [2.45, 2.75) is 0 Å². The minimum absolute atomic E-state index is 0.645. The van der Waals surface area contributed by atoms with Gasteiger partial charge < -0.3 is 15.1 Å². The molecule has 1 fully saturated rings. The van der Waals surface area contributed by atoms with Gasteiger partial charge in [0.15, 0.2) is 5.11 Å². The van der Waals surface area contributed by atoms with Gasteiger partial charge in [-0.2, -0.15) is 0 Å². The number of hydrogen-bond acceptors (Lipinski definition) is 2. The fourth-order valence-corrected chi connectivity index (χ4v) is 3.74. The van der Waals surface area contributed by atoms with Crippen LogP contribution in [-0.4, -0.2) is 36.2 Å². The highest BCUT2D eigenvalue weighted by Crippen LogP contribution is 2.26. The second-order valence-corrected chi connectivity index (χ2v) is 7.65. The van der Waals surface area contributed by atoms with Gasteiger partial charge in [0.25, 0.3) is 0 Å². The van der Waals surface area contributed by atoms with E-state index in [2.05, 4.69) is 43.2 Å². The van der Waals surface area contributed by atoms with E-state index in [1.807, 2.05) is 30.3 Å². The molecule has 24 heavy (non-hydrogen) atoms. The third kappa shape index (κ3) is 4.33. The zero-order valence-corrected chi connectivity index (χ0v) is 16.7. The predicted octanol–water partition coefficient (Wildman–Crippen LogP) is 5.27. The molecule has 0 atom stereocenters. The van der Waals surface area contributed by atoms with Crippen LogP contribution in [0.5, 0.6) is 0 Å². The summed E-state index contributed by atoms with van der Waals surface area (Å²) in [5.74, 6) is 0. The Balaban J connectivity index is 1.58. The van der Waals surface area contributed by atoms with Crippen molar-refractivity contribution in [1.29, 1.82) is 0 Å². The van der Waals surface area contributed by atoms with Crippen LogP contribution in [0.15, 0.2) is 46.9 Å². The lowest BCUT2D eigenvalue weighted by Crippen LogP contribution is -2.50. The number of nitrogens with zero attached hydrogens (tertiary/aromatic N) is 2.